The molecule has 0 fully saturated rings. The summed E-state index contributed by atoms with van der Waals surface area (Å²) < 4.78 is 5.32. The first-order valence-corrected chi connectivity index (χ1v) is 10.4. The second-order valence-corrected chi connectivity index (χ2v) is 7.92. The summed E-state index contributed by atoms with van der Waals surface area (Å²) >= 11 is 1.56. The lowest BCUT2D eigenvalue weighted by molar-refractivity contribution is -0.147. The Kier molecular flexibility index (Phi) is 8.79. The minimum absolute atomic E-state index is 0.111. The van der Waals surface area contributed by atoms with E-state index in [1.807, 2.05) is 35.7 Å². The van der Waals surface area contributed by atoms with Gasteiger partial charge in [-0.15, -0.1) is 11.3 Å². The number of esters is 1. The number of urea groups is 1. The minimum Gasteiger partial charge on any atom is -0.459 e. The van der Waals surface area contributed by atoms with Crippen LogP contribution in [0, 0.1) is 0 Å². The van der Waals surface area contributed by atoms with Crippen molar-refractivity contribution in [3.8, 4) is 0 Å². The van der Waals surface area contributed by atoms with Gasteiger partial charge in [-0.3, -0.25) is 0 Å². The molecule has 0 spiro atoms. The number of hydrogen-bond donors (Lipinski definition) is 1. The fourth-order valence-corrected chi connectivity index (χ4v) is 3.37. The highest BCUT2D eigenvalue weighted by molar-refractivity contribution is 7.09. The Hall–Kier alpha value is -2.74. The minimum atomic E-state index is -0.888. The number of aldehydes is 1. The third-order valence-corrected chi connectivity index (χ3v) is 5.38. The highest BCUT2D eigenvalue weighted by atomic mass is 32.1. The molecule has 1 heterocycles. The molecule has 0 aliphatic rings. The molecule has 0 saturated carbocycles. The molecule has 156 valence electrons. The normalized spacial score (nSPS) is 11.7. The average molecular weight is 418 g/mol. The smallest absolute Gasteiger partial charge is 0.329 e. The van der Waals surface area contributed by atoms with E-state index in [1.165, 1.54) is 4.90 Å². The van der Waals surface area contributed by atoms with E-state index in [4.69, 9.17) is 4.74 Å². The quantitative estimate of drug-likeness (QED) is 0.472. The van der Waals surface area contributed by atoms with Crippen LogP contribution in [0.4, 0.5) is 4.79 Å². The topological polar surface area (TPSA) is 88.6 Å². The van der Waals surface area contributed by atoms with Crippen molar-refractivity contribution in [3.05, 3.63) is 52.0 Å². The van der Waals surface area contributed by atoms with Crippen molar-refractivity contribution in [1.82, 2.24) is 15.2 Å². The van der Waals surface area contributed by atoms with Gasteiger partial charge in [0.05, 0.1) is 17.2 Å². The maximum Gasteiger partial charge on any atom is 0.329 e. The number of amides is 2. The van der Waals surface area contributed by atoms with Crippen molar-refractivity contribution in [2.45, 2.75) is 51.8 Å². The second kappa shape index (κ2) is 11.3. The predicted octanol–water partition coefficient (Wildman–Crippen LogP) is 3.50. The fraction of sp³-hybridized carbons (Fsp3) is 0.429. The molecule has 1 aromatic heterocycles. The van der Waals surface area contributed by atoms with E-state index in [0.29, 0.717) is 12.5 Å². The van der Waals surface area contributed by atoms with Gasteiger partial charge in [-0.1, -0.05) is 44.2 Å². The van der Waals surface area contributed by atoms with E-state index >= 15 is 0 Å². The van der Waals surface area contributed by atoms with Crippen LogP contribution in [-0.2, 0) is 27.5 Å². The van der Waals surface area contributed by atoms with Crippen LogP contribution in [-0.4, -0.2) is 41.3 Å². The zero-order valence-electron chi connectivity index (χ0n) is 17.0. The molecular weight excluding hydrogens is 390 g/mol. The van der Waals surface area contributed by atoms with Crippen molar-refractivity contribution >= 4 is 29.6 Å². The first kappa shape index (κ1) is 22.5. The molecule has 2 aromatic rings. The predicted molar refractivity (Wildman–Crippen MR) is 112 cm³/mol. The SMILES string of the molecule is CC(C)c1nc(CN(C)C(=O)N[C@@H](CCC=O)C(=O)OCc2ccccc2)cs1. The van der Waals surface area contributed by atoms with Gasteiger partial charge in [-0.05, 0) is 12.0 Å². The Labute approximate surface area is 175 Å². The molecule has 0 radical (unpaired) electrons. The Balaban J connectivity index is 1.93. The van der Waals surface area contributed by atoms with Gasteiger partial charge in [0.2, 0.25) is 0 Å². The Bertz CT molecular complexity index is 807. The number of ether oxygens (including phenoxy) is 1. The van der Waals surface area contributed by atoms with Crippen LogP contribution < -0.4 is 5.32 Å². The second-order valence-electron chi connectivity index (χ2n) is 7.03. The van der Waals surface area contributed by atoms with E-state index in [0.717, 1.165) is 22.6 Å². The average Bonchev–Trinajstić information content (AvgIpc) is 3.18. The van der Waals surface area contributed by atoms with E-state index in [-0.39, 0.29) is 19.4 Å². The van der Waals surface area contributed by atoms with E-state index < -0.39 is 18.0 Å². The summed E-state index contributed by atoms with van der Waals surface area (Å²) in [4.78, 5) is 41.7. The number of nitrogens with zero attached hydrogens (tertiary/aromatic N) is 2. The first-order chi connectivity index (χ1) is 13.9. The number of hydrogen-bond acceptors (Lipinski definition) is 6. The highest BCUT2D eigenvalue weighted by Crippen LogP contribution is 2.19. The molecule has 1 N–H and O–H groups in total. The zero-order valence-corrected chi connectivity index (χ0v) is 17.8. The molecule has 1 aromatic carbocycles. The van der Waals surface area contributed by atoms with Crippen LogP contribution >= 0.6 is 11.3 Å². The number of thiazole rings is 1. The van der Waals surface area contributed by atoms with Gasteiger partial charge in [0, 0.05) is 24.8 Å². The molecular formula is C21H27N3O4S. The molecule has 2 amide bonds. The summed E-state index contributed by atoms with van der Waals surface area (Å²) in [5.74, 6) is -0.229. The standard InChI is InChI=1S/C21H27N3O4S/c1-15(2)19-22-17(14-29-19)12-24(3)21(27)23-18(10-7-11-25)20(26)28-13-16-8-5-4-6-9-16/h4-6,8-9,11,14-15,18H,7,10,12-13H2,1-3H3,(H,23,27)/t18-/m0/s1. The van der Waals surface area contributed by atoms with Gasteiger partial charge in [-0.2, -0.15) is 0 Å². The largest absolute Gasteiger partial charge is 0.459 e. The Morgan fingerprint density at radius 1 is 1.28 bits per heavy atom. The number of nitrogens with one attached hydrogen (secondary N) is 1. The Morgan fingerprint density at radius 3 is 2.62 bits per heavy atom. The molecule has 1 atom stereocenters. The molecule has 0 aliphatic carbocycles. The highest BCUT2D eigenvalue weighted by Gasteiger charge is 2.24. The zero-order chi connectivity index (χ0) is 21.2. The van der Waals surface area contributed by atoms with Gasteiger partial charge in [0.25, 0.3) is 0 Å². The molecule has 0 unspecified atom stereocenters. The molecule has 29 heavy (non-hydrogen) atoms. The summed E-state index contributed by atoms with van der Waals surface area (Å²) in [5, 5.41) is 5.61. The summed E-state index contributed by atoms with van der Waals surface area (Å²) in [6.45, 7) is 4.57. The van der Waals surface area contributed by atoms with Crippen LogP contribution in [0.3, 0.4) is 0 Å². The third kappa shape index (κ3) is 7.30. The number of benzene rings is 1. The van der Waals surface area contributed by atoms with Crippen molar-refractivity contribution in [3.63, 3.8) is 0 Å². The number of rotatable bonds is 10. The van der Waals surface area contributed by atoms with Crippen molar-refractivity contribution in [1.29, 1.82) is 0 Å². The molecule has 8 heteroatoms. The fourth-order valence-electron chi connectivity index (χ4n) is 2.55. The summed E-state index contributed by atoms with van der Waals surface area (Å²) in [6.07, 6.45) is 1.06. The van der Waals surface area contributed by atoms with Crippen LogP contribution in [0.1, 0.15) is 48.9 Å². The van der Waals surface area contributed by atoms with Crippen molar-refractivity contribution < 1.29 is 19.1 Å². The monoisotopic (exact) mass is 417 g/mol. The van der Waals surface area contributed by atoms with Crippen LogP contribution in [0.5, 0.6) is 0 Å². The molecule has 0 aliphatic heterocycles. The number of carbonyl (C=O) groups excluding carboxylic acids is 3. The van der Waals surface area contributed by atoms with Gasteiger partial charge in [0.1, 0.15) is 18.9 Å². The van der Waals surface area contributed by atoms with Gasteiger partial charge >= 0.3 is 12.0 Å². The lowest BCUT2D eigenvalue weighted by Crippen LogP contribution is -2.47. The molecule has 7 nitrogen and oxygen atoms in total. The maximum absolute atomic E-state index is 12.5. The molecule has 0 saturated heterocycles. The molecule has 0 bridgehead atoms. The summed E-state index contributed by atoms with van der Waals surface area (Å²) in [5.41, 5.74) is 1.65. The maximum atomic E-state index is 12.5. The van der Waals surface area contributed by atoms with E-state index in [2.05, 4.69) is 24.1 Å². The summed E-state index contributed by atoms with van der Waals surface area (Å²) in [6, 6.07) is 7.97. The van der Waals surface area contributed by atoms with Gasteiger partial charge in [0.15, 0.2) is 0 Å². The first-order valence-electron chi connectivity index (χ1n) is 9.50. The lowest BCUT2D eigenvalue weighted by atomic mass is 10.1. The van der Waals surface area contributed by atoms with Crippen LogP contribution in [0.25, 0.3) is 0 Å². The summed E-state index contributed by atoms with van der Waals surface area (Å²) in [7, 11) is 1.63. The van der Waals surface area contributed by atoms with Crippen LogP contribution in [0.2, 0.25) is 0 Å². The number of carbonyl (C=O) groups is 3. The van der Waals surface area contributed by atoms with Gasteiger partial charge in [-0.25, -0.2) is 14.6 Å². The van der Waals surface area contributed by atoms with Crippen molar-refractivity contribution in [2.75, 3.05) is 7.05 Å². The lowest BCUT2D eigenvalue weighted by Gasteiger charge is -2.22. The third-order valence-electron chi connectivity index (χ3n) is 4.19. The van der Waals surface area contributed by atoms with Crippen molar-refractivity contribution in [2.24, 2.45) is 0 Å². The van der Waals surface area contributed by atoms with E-state index in [9.17, 15) is 14.4 Å². The molecule has 2 rings (SSSR count). The van der Waals surface area contributed by atoms with E-state index in [1.54, 1.807) is 18.4 Å². The van der Waals surface area contributed by atoms with Gasteiger partial charge < -0.3 is 19.7 Å². The number of aromatic nitrogens is 1. The Morgan fingerprint density at radius 2 is 2.00 bits per heavy atom. The van der Waals surface area contributed by atoms with Crippen LogP contribution in [0.15, 0.2) is 35.7 Å².